The number of aromatic amines is 1. The maximum absolute atomic E-state index is 4.31. The van der Waals surface area contributed by atoms with Crippen LogP contribution in [0, 0.1) is 0 Å². The van der Waals surface area contributed by atoms with Gasteiger partial charge in [-0.15, -0.1) is 0 Å². The molecule has 1 N–H and O–H groups in total. The second kappa shape index (κ2) is 3.14. The largest absolute Gasteiger partial charge is 0.356 e. The third-order valence-electron chi connectivity index (χ3n) is 2.23. The highest BCUT2D eigenvalue weighted by Crippen LogP contribution is 2.10. The molecule has 70 valence electrons. The molecule has 0 bridgehead atoms. The summed E-state index contributed by atoms with van der Waals surface area (Å²) in [6, 6.07) is 3.96. The van der Waals surface area contributed by atoms with Crippen LogP contribution in [-0.4, -0.2) is 10.7 Å². The lowest BCUT2D eigenvalue weighted by Gasteiger charge is -1.94. The topological polar surface area (TPSA) is 28.1 Å². The van der Waals surface area contributed by atoms with E-state index in [2.05, 4.69) is 23.1 Å². The van der Waals surface area contributed by atoms with Crippen molar-refractivity contribution in [1.82, 2.24) is 4.98 Å². The van der Waals surface area contributed by atoms with Crippen LogP contribution in [0.2, 0.25) is 0 Å². The Hall–Kier alpha value is -1.83. The van der Waals surface area contributed by atoms with E-state index in [0.29, 0.717) is 0 Å². The van der Waals surface area contributed by atoms with E-state index in [1.165, 1.54) is 0 Å². The minimum Gasteiger partial charge on any atom is -0.356 e. The molecule has 0 unspecified atom stereocenters. The summed E-state index contributed by atoms with van der Waals surface area (Å²) in [5, 5.41) is 1.98. The van der Waals surface area contributed by atoms with Crippen molar-refractivity contribution in [3.63, 3.8) is 0 Å². The van der Waals surface area contributed by atoms with Gasteiger partial charge in [-0.25, -0.2) is 4.99 Å². The van der Waals surface area contributed by atoms with Gasteiger partial charge in [0.1, 0.15) is 0 Å². The fourth-order valence-corrected chi connectivity index (χ4v) is 1.41. The number of aromatic nitrogens is 1. The second-order valence-electron chi connectivity index (χ2n) is 3.34. The fraction of sp³-hybridized carbons (Fsp3) is 0.0833. The zero-order chi connectivity index (χ0) is 10.1. The summed E-state index contributed by atoms with van der Waals surface area (Å²) in [7, 11) is 0. The SMILES string of the molecule is C=C1C=CC(/C(C)=c2/ccc(=C)[nH]2)=N1. The molecule has 0 aliphatic carbocycles. The zero-order valence-corrected chi connectivity index (χ0v) is 8.17. The van der Waals surface area contributed by atoms with Crippen molar-refractivity contribution in [3.8, 4) is 0 Å². The Balaban J connectivity index is 2.57. The van der Waals surface area contributed by atoms with Crippen LogP contribution in [0.1, 0.15) is 6.92 Å². The normalized spacial score (nSPS) is 17.2. The number of nitrogens with zero attached hydrogens (tertiary/aromatic N) is 1. The van der Waals surface area contributed by atoms with E-state index in [0.717, 1.165) is 27.7 Å². The van der Waals surface area contributed by atoms with Gasteiger partial charge < -0.3 is 4.98 Å². The lowest BCUT2D eigenvalue weighted by molar-refractivity contribution is 1.26. The van der Waals surface area contributed by atoms with Crippen molar-refractivity contribution in [1.29, 1.82) is 0 Å². The van der Waals surface area contributed by atoms with Gasteiger partial charge in [0.25, 0.3) is 0 Å². The lowest BCUT2D eigenvalue weighted by atomic mass is 10.2. The molecular formula is C12H12N2. The molecule has 0 spiro atoms. The summed E-state index contributed by atoms with van der Waals surface area (Å²) in [5.41, 5.74) is 2.90. The van der Waals surface area contributed by atoms with Crippen molar-refractivity contribution in [2.45, 2.75) is 6.92 Å². The Kier molecular flexibility index (Phi) is 1.97. The van der Waals surface area contributed by atoms with E-state index >= 15 is 0 Å². The van der Waals surface area contributed by atoms with Crippen LogP contribution in [0.5, 0.6) is 0 Å². The number of nitrogens with one attached hydrogen (secondary N) is 1. The van der Waals surface area contributed by atoms with E-state index < -0.39 is 0 Å². The van der Waals surface area contributed by atoms with E-state index in [-0.39, 0.29) is 0 Å². The highest BCUT2D eigenvalue weighted by Gasteiger charge is 2.05. The first kappa shape index (κ1) is 8.75. The summed E-state index contributed by atoms with van der Waals surface area (Å²) in [6.45, 7) is 9.63. The first-order chi connectivity index (χ1) is 6.66. The van der Waals surface area contributed by atoms with Crippen LogP contribution in [0.4, 0.5) is 0 Å². The molecular weight excluding hydrogens is 172 g/mol. The van der Waals surface area contributed by atoms with Gasteiger partial charge in [-0.3, -0.25) is 0 Å². The Morgan fingerprint density at radius 2 is 2.07 bits per heavy atom. The molecule has 1 aromatic rings. The molecule has 0 aromatic carbocycles. The number of H-pyrrole nitrogens is 1. The molecule has 2 rings (SSSR count). The van der Waals surface area contributed by atoms with Gasteiger partial charge in [-0.05, 0) is 36.8 Å². The predicted octanol–water partition coefficient (Wildman–Crippen LogP) is 1.12. The van der Waals surface area contributed by atoms with Gasteiger partial charge in [0.15, 0.2) is 0 Å². The van der Waals surface area contributed by atoms with Crippen molar-refractivity contribution in [2.75, 3.05) is 0 Å². The number of hydrogen-bond donors (Lipinski definition) is 1. The first-order valence-electron chi connectivity index (χ1n) is 4.48. The van der Waals surface area contributed by atoms with E-state index in [4.69, 9.17) is 0 Å². The van der Waals surface area contributed by atoms with Gasteiger partial charge >= 0.3 is 0 Å². The highest BCUT2D eigenvalue weighted by molar-refractivity contribution is 6.25. The summed E-state index contributed by atoms with van der Waals surface area (Å²) in [4.78, 5) is 7.48. The maximum Gasteiger partial charge on any atom is 0.0687 e. The van der Waals surface area contributed by atoms with Crippen LogP contribution in [0.3, 0.4) is 0 Å². The number of hydrogen-bond acceptors (Lipinski definition) is 1. The van der Waals surface area contributed by atoms with Gasteiger partial charge in [0.05, 0.1) is 11.4 Å². The molecule has 0 saturated heterocycles. The van der Waals surface area contributed by atoms with Gasteiger partial charge in [0, 0.05) is 10.7 Å². The first-order valence-corrected chi connectivity index (χ1v) is 4.48. The highest BCUT2D eigenvalue weighted by atomic mass is 14.8. The van der Waals surface area contributed by atoms with E-state index in [9.17, 15) is 0 Å². The summed E-state index contributed by atoms with van der Waals surface area (Å²) in [5.74, 6) is 0. The van der Waals surface area contributed by atoms with E-state index in [1.807, 2.05) is 31.2 Å². The Morgan fingerprint density at radius 3 is 2.57 bits per heavy atom. The molecule has 1 aromatic heterocycles. The minimum atomic E-state index is 0.806. The molecule has 1 aliphatic rings. The summed E-state index contributed by atoms with van der Waals surface area (Å²) >= 11 is 0. The smallest absolute Gasteiger partial charge is 0.0687 e. The average molecular weight is 184 g/mol. The summed E-state index contributed by atoms with van der Waals surface area (Å²) < 4.78 is 0. The minimum absolute atomic E-state index is 0.806. The van der Waals surface area contributed by atoms with Crippen LogP contribution < -0.4 is 10.7 Å². The maximum atomic E-state index is 4.31. The van der Waals surface area contributed by atoms with Crippen molar-refractivity contribution < 1.29 is 0 Å². The second-order valence-corrected chi connectivity index (χ2v) is 3.34. The van der Waals surface area contributed by atoms with Crippen LogP contribution >= 0.6 is 0 Å². The quantitative estimate of drug-likeness (QED) is 0.677. The molecule has 0 atom stereocenters. The Morgan fingerprint density at radius 1 is 1.29 bits per heavy atom. The number of allylic oxidation sites excluding steroid dienone is 2. The van der Waals surface area contributed by atoms with E-state index in [1.54, 1.807) is 0 Å². The molecule has 0 saturated carbocycles. The molecule has 2 heteroatoms. The molecule has 0 amide bonds. The molecule has 1 aliphatic heterocycles. The average Bonchev–Trinajstić information content (AvgIpc) is 2.73. The third-order valence-corrected chi connectivity index (χ3v) is 2.23. The number of rotatable bonds is 1. The third kappa shape index (κ3) is 1.46. The van der Waals surface area contributed by atoms with Crippen LogP contribution in [0.15, 0.2) is 41.6 Å². The van der Waals surface area contributed by atoms with Crippen molar-refractivity contribution >= 4 is 17.9 Å². The standard InChI is InChI=1S/C12H12N2/c1-8-4-6-11(13-8)10(3)12-7-5-9(2)14-12/h4-7,13H,1-2H2,3H3/b11-10-. The Labute approximate surface area is 82.7 Å². The Bertz CT molecular complexity index is 541. The van der Waals surface area contributed by atoms with Crippen LogP contribution in [0.25, 0.3) is 12.2 Å². The zero-order valence-electron chi connectivity index (χ0n) is 8.17. The van der Waals surface area contributed by atoms with Gasteiger partial charge in [-0.2, -0.15) is 0 Å². The fourth-order valence-electron chi connectivity index (χ4n) is 1.41. The van der Waals surface area contributed by atoms with Crippen molar-refractivity contribution in [3.05, 3.63) is 47.3 Å². The number of aliphatic imine (C=N–C) groups is 1. The molecule has 0 radical (unpaired) electrons. The van der Waals surface area contributed by atoms with Crippen LogP contribution in [-0.2, 0) is 0 Å². The van der Waals surface area contributed by atoms with Crippen molar-refractivity contribution in [2.24, 2.45) is 4.99 Å². The molecule has 0 fully saturated rings. The summed E-state index contributed by atoms with van der Waals surface area (Å²) in [6.07, 6.45) is 3.88. The molecule has 2 nitrogen and oxygen atoms in total. The van der Waals surface area contributed by atoms with Gasteiger partial charge in [-0.1, -0.05) is 13.2 Å². The predicted molar refractivity (Wildman–Crippen MR) is 60.4 cm³/mol. The van der Waals surface area contributed by atoms with Gasteiger partial charge in [0.2, 0.25) is 0 Å². The lowest BCUT2D eigenvalue weighted by Crippen LogP contribution is -2.13. The molecule has 2 heterocycles. The molecule has 14 heavy (non-hydrogen) atoms. The monoisotopic (exact) mass is 184 g/mol.